The van der Waals surface area contributed by atoms with Crippen LogP contribution in [0.15, 0.2) is 47.5 Å². The van der Waals surface area contributed by atoms with Gasteiger partial charge in [0.2, 0.25) is 0 Å². The van der Waals surface area contributed by atoms with Crippen LogP contribution in [-0.2, 0) is 6.54 Å². The van der Waals surface area contributed by atoms with Gasteiger partial charge in [-0.2, -0.15) is 8.78 Å². The fourth-order valence-electron chi connectivity index (χ4n) is 2.46. The molecule has 1 amide bonds. The van der Waals surface area contributed by atoms with Gasteiger partial charge >= 0.3 is 6.61 Å². The van der Waals surface area contributed by atoms with Crippen molar-refractivity contribution in [2.24, 2.45) is 4.99 Å². The second-order valence-corrected chi connectivity index (χ2v) is 6.49. The fourth-order valence-corrected chi connectivity index (χ4v) is 2.66. The third-order valence-electron chi connectivity index (χ3n) is 3.82. The third-order valence-corrected chi connectivity index (χ3v) is 4.06. The number of hydrogen-bond acceptors (Lipinski definition) is 4. The third kappa shape index (κ3) is 9.55. The van der Waals surface area contributed by atoms with Crippen LogP contribution >= 0.6 is 35.6 Å². The zero-order valence-corrected chi connectivity index (χ0v) is 19.8. The van der Waals surface area contributed by atoms with Crippen LogP contribution in [0.2, 0.25) is 5.02 Å². The van der Waals surface area contributed by atoms with Crippen molar-refractivity contribution in [3.63, 3.8) is 0 Å². The minimum absolute atomic E-state index is 0. The smallest absolute Gasteiger partial charge is 0.387 e. The van der Waals surface area contributed by atoms with E-state index in [2.05, 4.69) is 25.7 Å². The molecule has 4 N–H and O–H groups in total. The molecule has 2 aromatic carbocycles. The van der Waals surface area contributed by atoms with E-state index < -0.39 is 6.61 Å². The predicted octanol–water partition coefficient (Wildman–Crippen LogP) is 3.75. The zero-order chi connectivity index (χ0) is 21.9. The molecule has 0 bridgehead atoms. The summed E-state index contributed by atoms with van der Waals surface area (Å²) in [5, 5.41) is 18.5. The van der Waals surface area contributed by atoms with Crippen LogP contribution < -0.4 is 20.7 Å². The Morgan fingerprint density at radius 1 is 1.13 bits per heavy atom. The van der Waals surface area contributed by atoms with Crippen LogP contribution in [-0.4, -0.2) is 43.2 Å². The number of rotatable bonds is 9. The van der Waals surface area contributed by atoms with E-state index in [-0.39, 0.29) is 47.9 Å². The number of aromatic hydroxyl groups is 1. The van der Waals surface area contributed by atoms with Crippen LogP contribution in [0.1, 0.15) is 22.8 Å². The molecule has 11 heteroatoms. The Kier molecular flexibility index (Phi) is 11.9. The Labute approximate surface area is 201 Å². The second kappa shape index (κ2) is 13.9. The first-order valence-corrected chi connectivity index (χ1v) is 9.59. The highest BCUT2D eigenvalue weighted by atomic mass is 127. The molecule has 0 fully saturated rings. The minimum Gasteiger partial charge on any atom is -0.508 e. The molecule has 0 heterocycles. The lowest BCUT2D eigenvalue weighted by Crippen LogP contribution is -2.41. The molecule has 0 unspecified atom stereocenters. The molecule has 0 spiro atoms. The van der Waals surface area contributed by atoms with Gasteiger partial charge in [-0.25, -0.2) is 4.99 Å². The molecule has 0 atom stereocenters. The highest BCUT2D eigenvalue weighted by Gasteiger charge is 2.10. The van der Waals surface area contributed by atoms with Gasteiger partial charge in [-0.1, -0.05) is 11.6 Å². The SMILES string of the molecule is CCNC(=NCc1cc(Cl)ccc1OC(F)F)NCCNC(=O)c1ccc(O)cc1.I. The molecular formula is C20H24ClF2IN4O3. The number of nitrogens with one attached hydrogen (secondary N) is 3. The number of carbonyl (C=O) groups excluding carboxylic acids is 1. The predicted molar refractivity (Wildman–Crippen MR) is 127 cm³/mol. The molecule has 0 aromatic heterocycles. The summed E-state index contributed by atoms with van der Waals surface area (Å²) in [5.41, 5.74) is 0.849. The Hall–Kier alpha value is -2.34. The minimum atomic E-state index is -2.95. The van der Waals surface area contributed by atoms with Gasteiger partial charge in [-0.15, -0.1) is 24.0 Å². The molecule has 170 valence electrons. The molecule has 7 nitrogen and oxygen atoms in total. The summed E-state index contributed by atoms with van der Waals surface area (Å²) in [4.78, 5) is 16.4. The molecule has 2 aromatic rings. The average Bonchev–Trinajstić information content (AvgIpc) is 2.71. The van der Waals surface area contributed by atoms with E-state index in [0.717, 1.165) is 0 Å². The number of guanidine groups is 1. The van der Waals surface area contributed by atoms with Crippen molar-refractivity contribution in [3.8, 4) is 11.5 Å². The van der Waals surface area contributed by atoms with Crippen molar-refractivity contribution >= 4 is 47.4 Å². The first kappa shape index (κ1) is 26.7. The Balaban J connectivity index is 0.00000480. The number of phenols is 1. The van der Waals surface area contributed by atoms with Crippen molar-refractivity contribution in [1.29, 1.82) is 0 Å². The number of hydrogen-bond donors (Lipinski definition) is 4. The summed E-state index contributed by atoms with van der Waals surface area (Å²) in [7, 11) is 0. The maximum atomic E-state index is 12.6. The Morgan fingerprint density at radius 3 is 2.45 bits per heavy atom. The number of ether oxygens (including phenoxy) is 1. The molecule has 0 saturated carbocycles. The van der Waals surface area contributed by atoms with Crippen molar-refractivity contribution in [1.82, 2.24) is 16.0 Å². The maximum Gasteiger partial charge on any atom is 0.387 e. The molecule has 0 aliphatic rings. The van der Waals surface area contributed by atoms with Gasteiger partial charge in [-0.05, 0) is 49.4 Å². The molecule has 0 radical (unpaired) electrons. The number of carbonyl (C=O) groups is 1. The van der Waals surface area contributed by atoms with E-state index in [4.69, 9.17) is 11.6 Å². The number of aliphatic imine (C=N–C) groups is 1. The lowest BCUT2D eigenvalue weighted by molar-refractivity contribution is -0.0504. The molecule has 2 rings (SSSR count). The monoisotopic (exact) mass is 568 g/mol. The van der Waals surface area contributed by atoms with Crippen LogP contribution in [0.5, 0.6) is 11.5 Å². The van der Waals surface area contributed by atoms with Gasteiger partial charge in [0.05, 0.1) is 6.54 Å². The topological polar surface area (TPSA) is 95.0 Å². The Bertz CT molecular complexity index is 870. The van der Waals surface area contributed by atoms with Crippen molar-refractivity contribution in [2.75, 3.05) is 19.6 Å². The van der Waals surface area contributed by atoms with Gasteiger partial charge in [0.15, 0.2) is 5.96 Å². The van der Waals surface area contributed by atoms with Gasteiger partial charge in [0.1, 0.15) is 11.5 Å². The molecule has 0 aliphatic carbocycles. The van der Waals surface area contributed by atoms with Gasteiger partial charge < -0.3 is 25.8 Å². The molecule has 0 saturated heterocycles. The molecular weight excluding hydrogens is 545 g/mol. The fraction of sp³-hybridized carbons (Fsp3) is 0.300. The lowest BCUT2D eigenvalue weighted by Gasteiger charge is -2.13. The summed E-state index contributed by atoms with van der Waals surface area (Å²) in [6, 6.07) is 10.3. The zero-order valence-electron chi connectivity index (χ0n) is 16.7. The van der Waals surface area contributed by atoms with Gasteiger partial charge in [0, 0.05) is 35.8 Å². The van der Waals surface area contributed by atoms with Crippen LogP contribution in [0, 0.1) is 0 Å². The van der Waals surface area contributed by atoms with Crippen LogP contribution in [0.4, 0.5) is 8.78 Å². The number of alkyl halides is 2. The normalized spacial score (nSPS) is 10.9. The standard InChI is InChI=1S/C20H23ClF2N4O3.HI/c1-2-24-20(26-10-9-25-18(29)13-3-6-16(28)7-4-13)27-12-14-11-15(21)5-8-17(14)30-19(22)23;/h3-8,11,19,28H,2,9-10,12H2,1H3,(H,25,29)(H2,24,26,27);1H. The van der Waals surface area contributed by atoms with E-state index >= 15 is 0 Å². The van der Waals surface area contributed by atoms with Gasteiger partial charge in [-0.3, -0.25) is 4.79 Å². The summed E-state index contributed by atoms with van der Waals surface area (Å²) in [5.74, 6) is 0.266. The van der Waals surface area contributed by atoms with E-state index in [0.29, 0.717) is 41.7 Å². The number of benzene rings is 2. The molecule has 0 aliphatic heterocycles. The lowest BCUT2D eigenvalue weighted by atomic mass is 10.2. The number of nitrogens with zero attached hydrogens (tertiary/aromatic N) is 1. The van der Waals surface area contributed by atoms with E-state index in [9.17, 15) is 18.7 Å². The quantitative estimate of drug-likeness (QED) is 0.160. The van der Waals surface area contributed by atoms with E-state index in [1.807, 2.05) is 6.92 Å². The molecule has 31 heavy (non-hydrogen) atoms. The number of halogens is 4. The van der Waals surface area contributed by atoms with E-state index in [1.54, 1.807) is 0 Å². The number of amides is 1. The highest BCUT2D eigenvalue weighted by Crippen LogP contribution is 2.25. The van der Waals surface area contributed by atoms with Gasteiger partial charge in [0.25, 0.3) is 5.91 Å². The largest absolute Gasteiger partial charge is 0.508 e. The summed E-state index contributed by atoms with van der Waals surface area (Å²) in [6.45, 7) is 0.290. The first-order chi connectivity index (χ1) is 14.4. The van der Waals surface area contributed by atoms with E-state index in [1.165, 1.54) is 42.5 Å². The summed E-state index contributed by atoms with van der Waals surface area (Å²) < 4.78 is 29.6. The second-order valence-electron chi connectivity index (χ2n) is 6.06. The highest BCUT2D eigenvalue weighted by molar-refractivity contribution is 14.0. The van der Waals surface area contributed by atoms with Crippen molar-refractivity contribution in [2.45, 2.75) is 20.1 Å². The van der Waals surface area contributed by atoms with Crippen molar-refractivity contribution in [3.05, 3.63) is 58.6 Å². The average molecular weight is 569 g/mol. The van der Waals surface area contributed by atoms with Crippen LogP contribution in [0.3, 0.4) is 0 Å². The summed E-state index contributed by atoms with van der Waals surface area (Å²) in [6.07, 6.45) is 0. The Morgan fingerprint density at radius 2 is 1.81 bits per heavy atom. The maximum absolute atomic E-state index is 12.6. The van der Waals surface area contributed by atoms with Crippen LogP contribution in [0.25, 0.3) is 0 Å². The number of phenolic OH excluding ortho intramolecular Hbond substituents is 1. The summed E-state index contributed by atoms with van der Waals surface area (Å²) >= 11 is 5.94. The first-order valence-electron chi connectivity index (χ1n) is 9.21. The van der Waals surface area contributed by atoms with Crippen molar-refractivity contribution < 1.29 is 23.4 Å².